The Kier molecular flexibility index (Phi) is 4.66. The van der Waals surface area contributed by atoms with Crippen LogP contribution in [-0.2, 0) is 11.2 Å². The van der Waals surface area contributed by atoms with Crippen molar-refractivity contribution in [2.75, 3.05) is 31.1 Å². The Balaban J connectivity index is 1.62. The number of anilines is 1. The minimum absolute atomic E-state index is 0.150. The monoisotopic (exact) mass is 334 g/mol. The molecule has 0 bridgehead atoms. The van der Waals surface area contributed by atoms with Gasteiger partial charge in [0.2, 0.25) is 5.91 Å². The average molecular weight is 334 g/mol. The normalized spacial score (nSPS) is 15.8. The van der Waals surface area contributed by atoms with Gasteiger partial charge in [-0.3, -0.25) is 4.79 Å². The smallest absolute Gasteiger partial charge is 0.227 e. The van der Waals surface area contributed by atoms with E-state index >= 15 is 0 Å². The molecule has 23 heavy (non-hydrogen) atoms. The summed E-state index contributed by atoms with van der Waals surface area (Å²) < 4.78 is 5.15. The Bertz CT molecular complexity index is 675. The van der Waals surface area contributed by atoms with E-state index in [0.717, 1.165) is 60.4 Å². The molecule has 0 saturated carbocycles. The number of thiazole rings is 1. The van der Waals surface area contributed by atoms with Crippen LogP contribution in [0.1, 0.15) is 29.1 Å². The fourth-order valence-electron chi connectivity index (χ4n) is 2.86. The molecule has 0 unspecified atom stereocenters. The van der Waals surface area contributed by atoms with Gasteiger partial charge >= 0.3 is 0 Å². The van der Waals surface area contributed by atoms with Gasteiger partial charge in [0.25, 0.3) is 0 Å². The minimum Gasteiger partial charge on any atom is -0.361 e. The first-order valence-electron chi connectivity index (χ1n) is 7.91. The number of carbonyl (C=O) groups excluding carboxylic acids is 1. The summed E-state index contributed by atoms with van der Waals surface area (Å²) in [4.78, 5) is 21.4. The topological polar surface area (TPSA) is 62.5 Å². The summed E-state index contributed by atoms with van der Waals surface area (Å²) in [5.74, 6) is 0.891. The van der Waals surface area contributed by atoms with E-state index in [-0.39, 0.29) is 5.91 Å². The maximum atomic E-state index is 12.6. The van der Waals surface area contributed by atoms with Gasteiger partial charge in [-0.15, -0.1) is 11.3 Å². The molecule has 2 aromatic rings. The van der Waals surface area contributed by atoms with E-state index in [4.69, 9.17) is 4.52 Å². The van der Waals surface area contributed by atoms with Gasteiger partial charge in [-0.25, -0.2) is 4.98 Å². The number of amides is 1. The summed E-state index contributed by atoms with van der Waals surface area (Å²) in [5, 5.41) is 7.05. The maximum absolute atomic E-state index is 12.6. The molecule has 7 heteroatoms. The van der Waals surface area contributed by atoms with Crippen LogP contribution in [0.15, 0.2) is 9.90 Å². The number of aryl methyl sites for hydroxylation is 3. The lowest BCUT2D eigenvalue weighted by molar-refractivity contribution is -0.130. The first kappa shape index (κ1) is 16.0. The molecule has 0 atom stereocenters. The molecule has 0 aliphatic carbocycles. The zero-order chi connectivity index (χ0) is 16.4. The lowest BCUT2D eigenvalue weighted by Crippen LogP contribution is -2.36. The van der Waals surface area contributed by atoms with Crippen LogP contribution in [0.25, 0.3) is 0 Å². The van der Waals surface area contributed by atoms with E-state index in [1.54, 1.807) is 11.3 Å². The highest BCUT2D eigenvalue weighted by atomic mass is 32.1. The van der Waals surface area contributed by atoms with E-state index in [1.807, 2.05) is 25.7 Å². The largest absolute Gasteiger partial charge is 0.361 e. The van der Waals surface area contributed by atoms with Crippen LogP contribution >= 0.6 is 11.3 Å². The highest BCUT2D eigenvalue weighted by Gasteiger charge is 2.22. The highest BCUT2D eigenvalue weighted by Crippen LogP contribution is 2.22. The minimum atomic E-state index is 0.150. The second kappa shape index (κ2) is 6.70. The van der Waals surface area contributed by atoms with E-state index in [1.165, 1.54) is 0 Å². The van der Waals surface area contributed by atoms with Crippen molar-refractivity contribution in [1.29, 1.82) is 0 Å². The molecule has 0 spiro atoms. The molecule has 3 heterocycles. The third kappa shape index (κ3) is 3.55. The van der Waals surface area contributed by atoms with Gasteiger partial charge in [-0.2, -0.15) is 0 Å². The van der Waals surface area contributed by atoms with Gasteiger partial charge in [0.15, 0.2) is 5.13 Å². The third-order valence-corrected chi connectivity index (χ3v) is 5.25. The molecular weight excluding hydrogens is 312 g/mol. The summed E-state index contributed by atoms with van der Waals surface area (Å²) in [6.45, 7) is 9.06. The quantitative estimate of drug-likeness (QED) is 0.862. The fraction of sp³-hybridized carbons (Fsp3) is 0.562. The predicted octanol–water partition coefficient (Wildman–Crippen LogP) is 2.34. The van der Waals surface area contributed by atoms with Gasteiger partial charge in [0.1, 0.15) is 5.76 Å². The van der Waals surface area contributed by atoms with E-state index < -0.39 is 0 Å². The van der Waals surface area contributed by atoms with Crippen molar-refractivity contribution in [3.8, 4) is 0 Å². The van der Waals surface area contributed by atoms with Crippen LogP contribution in [0.4, 0.5) is 5.13 Å². The predicted molar refractivity (Wildman–Crippen MR) is 89.9 cm³/mol. The number of hydrogen-bond acceptors (Lipinski definition) is 6. The molecule has 124 valence electrons. The number of hydrogen-bond donors (Lipinski definition) is 0. The van der Waals surface area contributed by atoms with Crippen LogP contribution < -0.4 is 4.90 Å². The molecule has 0 N–H and O–H groups in total. The lowest BCUT2D eigenvalue weighted by Gasteiger charge is -2.21. The van der Waals surface area contributed by atoms with Gasteiger partial charge < -0.3 is 14.3 Å². The van der Waals surface area contributed by atoms with E-state index in [2.05, 4.69) is 20.4 Å². The Morgan fingerprint density at radius 2 is 2.09 bits per heavy atom. The van der Waals surface area contributed by atoms with E-state index in [9.17, 15) is 4.79 Å². The maximum Gasteiger partial charge on any atom is 0.227 e. The standard InChI is InChI=1S/C16H22N4O2S/c1-11-10-23-16(17-11)20-6-4-5-19(7-8-20)15(21)9-14-12(2)18-22-13(14)3/h10H,4-9H2,1-3H3. The summed E-state index contributed by atoms with van der Waals surface area (Å²) in [5.41, 5.74) is 2.79. The van der Waals surface area contributed by atoms with Gasteiger partial charge in [0.05, 0.1) is 17.8 Å². The Hall–Kier alpha value is -1.89. The second-order valence-electron chi connectivity index (χ2n) is 5.97. The van der Waals surface area contributed by atoms with Crippen molar-refractivity contribution in [3.05, 3.63) is 28.1 Å². The van der Waals surface area contributed by atoms with Crippen LogP contribution in [-0.4, -0.2) is 47.1 Å². The first-order valence-corrected chi connectivity index (χ1v) is 8.79. The van der Waals surface area contributed by atoms with Gasteiger partial charge in [-0.05, 0) is 27.2 Å². The van der Waals surface area contributed by atoms with Crippen LogP contribution in [0, 0.1) is 20.8 Å². The number of rotatable bonds is 3. The molecule has 2 aromatic heterocycles. The molecule has 3 rings (SSSR count). The fourth-order valence-corrected chi connectivity index (χ4v) is 3.72. The van der Waals surface area contributed by atoms with E-state index in [0.29, 0.717) is 6.42 Å². The lowest BCUT2D eigenvalue weighted by atomic mass is 10.1. The summed E-state index contributed by atoms with van der Waals surface area (Å²) in [6.07, 6.45) is 1.34. The molecule has 0 aromatic carbocycles. The molecule has 0 radical (unpaired) electrons. The highest BCUT2D eigenvalue weighted by molar-refractivity contribution is 7.13. The third-order valence-electron chi connectivity index (χ3n) is 4.24. The SMILES string of the molecule is Cc1csc(N2CCCN(C(=O)Cc3c(C)noc3C)CC2)n1. The van der Waals surface area contributed by atoms with Crippen molar-refractivity contribution < 1.29 is 9.32 Å². The summed E-state index contributed by atoms with van der Waals surface area (Å²) in [7, 11) is 0. The molecule has 1 fully saturated rings. The van der Waals surface area contributed by atoms with Crippen LogP contribution in [0.5, 0.6) is 0 Å². The molecule has 1 amide bonds. The van der Waals surface area contributed by atoms with Crippen molar-refractivity contribution in [2.24, 2.45) is 0 Å². The average Bonchev–Trinajstić information content (AvgIpc) is 2.98. The van der Waals surface area contributed by atoms with Crippen LogP contribution in [0.2, 0.25) is 0 Å². The van der Waals surface area contributed by atoms with Gasteiger partial charge in [0, 0.05) is 37.1 Å². The molecule has 1 aliphatic heterocycles. The Morgan fingerprint density at radius 3 is 2.74 bits per heavy atom. The first-order chi connectivity index (χ1) is 11.0. The summed E-state index contributed by atoms with van der Waals surface area (Å²) in [6, 6.07) is 0. The van der Waals surface area contributed by atoms with Gasteiger partial charge in [-0.1, -0.05) is 5.16 Å². The zero-order valence-electron chi connectivity index (χ0n) is 13.8. The Morgan fingerprint density at radius 1 is 1.26 bits per heavy atom. The number of aromatic nitrogens is 2. The van der Waals surface area contributed by atoms with Crippen molar-refractivity contribution in [2.45, 2.75) is 33.6 Å². The van der Waals surface area contributed by atoms with Crippen LogP contribution in [0.3, 0.4) is 0 Å². The molecule has 1 aliphatic rings. The Labute approximate surface area is 140 Å². The number of nitrogens with zero attached hydrogens (tertiary/aromatic N) is 4. The zero-order valence-corrected chi connectivity index (χ0v) is 14.7. The van der Waals surface area contributed by atoms with Crippen molar-refractivity contribution >= 4 is 22.4 Å². The molecule has 1 saturated heterocycles. The summed E-state index contributed by atoms with van der Waals surface area (Å²) >= 11 is 1.67. The molecule has 6 nitrogen and oxygen atoms in total. The van der Waals surface area contributed by atoms with Crippen molar-refractivity contribution in [3.63, 3.8) is 0 Å². The van der Waals surface area contributed by atoms with Crippen molar-refractivity contribution in [1.82, 2.24) is 15.0 Å². The molecular formula is C16H22N4O2S. The number of carbonyl (C=O) groups is 1. The second-order valence-corrected chi connectivity index (χ2v) is 6.81.